The van der Waals surface area contributed by atoms with Crippen LogP contribution in [0.2, 0.25) is 0 Å². The van der Waals surface area contributed by atoms with Gasteiger partial charge < -0.3 is 14.8 Å². The number of hydrogen-bond donors (Lipinski definition) is 1. The molecule has 0 bridgehead atoms. The van der Waals surface area contributed by atoms with Crippen molar-refractivity contribution in [2.45, 2.75) is 13.0 Å². The summed E-state index contributed by atoms with van der Waals surface area (Å²) >= 11 is 0. The number of fused-ring (bicyclic) bond motifs is 1. The molecule has 1 atom stereocenters. The van der Waals surface area contributed by atoms with Crippen LogP contribution in [0.3, 0.4) is 0 Å². The second-order valence-electron chi connectivity index (χ2n) is 6.96. The van der Waals surface area contributed by atoms with Crippen molar-refractivity contribution in [1.29, 1.82) is 0 Å². The fourth-order valence-electron chi connectivity index (χ4n) is 3.40. The summed E-state index contributed by atoms with van der Waals surface area (Å²) in [6, 6.07) is 25.3. The highest BCUT2D eigenvalue weighted by molar-refractivity contribution is 5.95. The van der Waals surface area contributed by atoms with Gasteiger partial charge in [0.15, 0.2) is 0 Å². The van der Waals surface area contributed by atoms with E-state index >= 15 is 0 Å². The van der Waals surface area contributed by atoms with Crippen LogP contribution in [0, 0.1) is 5.92 Å². The molecular weight excluding hydrogens is 350 g/mol. The van der Waals surface area contributed by atoms with Crippen molar-refractivity contribution in [2.24, 2.45) is 5.92 Å². The molecule has 4 nitrogen and oxygen atoms in total. The Morgan fingerprint density at radius 1 is 0.964 bits per heavy atom. The molecule has 0 fully saturated rings. The van der Waals surface area contributed by atoms with Crippen LogP contribution in [0.15, 0.2) is 78.9 Å². The van der Waals surface area contributed by atoms with Gasteiger partial charge in [-0.2, -0.15) is 0 Å². The fraction of sp³-hybridized carbons (Fsp3) is 0.208. The lowest BCUT2D eigenvalue weighted by atomic mass is 9.96. The van der Waals surface area contributed by atoms with Gasteiger partial charge >= 0.3 is 0 Å². The largest absolute Gasteiger partial charge is 0.493 e. The van der Waals surface area contributed by atoms with Gasteiger partial charge in [-0.25, -0.2) is 0 Å². The SMILES string of the molecule is O=C(NCC1COc2ccccc2C1)c1ccccc1COc1ccccc1. The Labute approximate surface area is 165 Å². The predicted octanol–water partition coefficient (Wildman–Crippen LogP) is 4.25. The Hall–Kier alpha value is -3.27. The van der Waals surface area contributed by atoms with Crippen LogP contribution in [-0.2, 0) is 13.0 Å². The predicted molar refractivity (Wildman–Crippen MR) is 109 cm³/mol. The molecule has 1 N–H and O–H groups in total. The van der Waals surface area contributed by atoms with E-state index in [2.05, 4.69) is 11.4 Å². The van der Waals surface area contributed by atoms with E-state index in [1.54, 1.807) is 0 Å². The van der Waals surface area contributed by atoms with Crippen molar-refractivity contribution in [2.75, 3.05) is 13.2 Å². The first kappa shape index (κ1) is 18.1. The summed E-state index contributed by atoms with van der Waals surface area (Å²) in [6.07, 6.45) is 0.912. The molecule has 0 radical (unpaired) electrons. The first-order valence-electron chi connectivity index (χ1n) is 9.54. The van der Waals surface area contributed by atoms with Crippen LogP contribution in [0.4, 0.5) is 0 Å². The second kappa shape index (κ2) is 8.61. The molecule has 3 aromatic rings. The smallest absolute Gasteiger partial charge is 0.251 e. The molecule has 4 heteroatoms. The average Bonchev–Trinajstić information content (AvgIpc) is 2.77. The molecule has 0 saturated heterocycles. The van der Waals surface area contributed by atoms with E-state index in [4.69, 9.17) is 9.47 Å². The highest BCUT2D eigenvalue weighted by Gasteiger charge is 2.20. The summed E-state index contributed by atoms with van der Waals surface area (Å²) in [4.78, 5) is 12.8. The number of carbonyl (C=O) groups excluding carboxylic acids is 1. The van der Waals surface area contributed by atoms with Gasteiger partial charge in [0.25, 0.3) is 5.91 Å². The van der Waals surface area contributed by atoms with E-state index in [1.165, 1.54) is 5.56 Å². The van der Waals surface area contributed by atoms with Crippen LogP contribution in [0.25, 0.3) is 0 Å². The first-order chi connectivity index (χ1) is 13.8. The number of ether oxygens (including phenoxy) is 2. The van der Waals surface area contributed by atoms with Crippen LogP contribution in [-0.4, -0.2) is 19.1 Å². The lowest BCUT2D eigenvalue weighted by Gasteiger charge is -2.25. The Kier molecular flexibility index (Phi) is 5.57. The summed E-state index contributed by atoms with van der Waals surface area (Å²) in [5, 5.41) is 3.06. The highest BCUT2D eigenvalue weighted by Crippen LogP contribution is 2.26. The van der Waals surface area contributed by atoms with Crippen molar-refractivity contribution in [3.05, 3.63) is 95.6 Å². The number of nitrogens with one attached hydrogen (secondary N) is 1. The Bertz CT molecular complexity index is 939. The maximum absolute atomic E-state index is 12.8. The van der Waals surface area contributed by atoms with Gasteiger partial charge in [-0.3, -0.25) is 4.79 Å². The van der Waals surface area contributed by atoms with E-state index in [1.807, 2.05) is 72.8 Å². The van der Waals surface area contributed by atoms with Gasteiger partial charge in [-0.05, 0) is 36.2 Å². The molecule has 1 amide bonds. The number of rotatable bonds is 6. The van der Waals surface area contributed by atoms with Crippen LogP contribution in [0.5, 0.6) is 11.5 Å². The molecule has 3 aromatic carbocycles. The van der Waals surface area contributed by atoms with E-state index in [0.29, 0.717) is 25.3 Å². The van der Waals surface area contributed by atoms with Crippen molar-refractivity contribution in [3.8, 4) is 11.5 Å². The molecule has 1 heterocycles. The number of para-hydroxylation sites is 2. The molecular formula is C24H23NO3. The monoisotopic (exact) mass is 373 g/mol. The second-order valence-corrected chi connectivity index (χ2v) is 6.96. The minimum Gasteiger partial charge on any atom is -0.493 e. The molecule has 0 spiro atoms. The normalized spacial score (nSPS) is 15.2. The van der Waals surface area contributed by atoms with Gasteiger partial charge in [0.1, 0.15) is 18.1 Å². The third-order valence-corrected chi connectivity index (χ3v) is 4.91. The quantitative estimate of drug-likeness (QED) is 0.703. The molecule has 0 saturated carbocycles. The standard InChI is InChI=1S/C24H23NO3/c26-24(25-15-18-14-19-8-5-7-13-23(19)28-16-18)22-12-6-4-9-20(22)17-27-21-10-2-1-3-11-21/h1-13,18H,14-17H2,(H,25,26). The Morgan fingerprint density at radius 2 is 1.71 bits per heavy atom. The van der Waals surface area contributed by atoms with E-state index in [9.17, 15) is 4.79 Å². The lowest BCUT2D eigenvalue weighted by molar-refractivity contribution is 0.0936. The summed E-state index contributed by atoms with van der Waals surface area (Å²) in [6.45, 7) is 1.56. The summed E-state index contributed by atoms with van der Waals surface area (Å²) < 4.78 is 11.6. The Balaban J connectivity index is 1.36. The fourth-order valence-corrected chi connectivity index (χ4v) is 3.40. The molecule has 142 valence electrons. The van der Waals surface area contributed by atoms with Crippen molar-refractivity contribution < 1.29 is 14.3 Å². The molecule has 1 unspecified atom stereocenters. The molecule has 4 rings (SSSR count). The molecule has 0 aliphatic carbocycles. The van der Waals surface area contributed by atoms with Crippen LogP contribution < -0.4 is 14.8 Å². The zero-order valence-electron chi connectivity index (χ0n) is 15.6. The van der Waals surface area contributed by atoms with Gasteiger partial charge in [-0.15, -0.1) is 0 Å². The van der Waals surface area contributed by atoms with Crippen molar-refractivity contribution in [3.63, 3.8) is 0 Å². The zero-order valence-corrected chi connectivity index (χ0v) is 15.6. The molecule has 1 aliphatic rings. The number of carbonyl (C=O) groups is 1. The summed E-state index contributed by atoms with van der Waals surface area (Å²) in [7, 11) is 0. The first-order valence-corrected chi connectivity index (χ1v) is 9.54. The molecule has 28 heavy (non-hydrogen) atoms. The Morgan fingerprint density at radius 3 is 2.61 bits per heavy atom. The average molecular weight is 373 g/mol. The minimum absolute atomic E-state index is 0.0777. The third kappa shape index (κ3) is 4.34. The lowest BCUT2D eigenvalue weighted by Crippen LogP contribution is -2.35. The van der Waals surface area contributed by atoms with Gasteiger partial charge in [0.2, 0.25) is 0 Å². The van der Waals surface area contributed by atoms with Crippen molar-refractivity contribution in [1.82, 2.24) is 5.32 Å². The summed E-state index contributed by atoms with van der Waals surface area (Å²) in [5.74, 6) is 1.93. The zero-order chi connectivity index (χ0) is 19.2. The van der Waals surface area contributed by atoms with E-state index < -0.39 is 0 Å². The third-order valence-electron chi connectivity index (χ3n) is 4.91. The maximum atomic E-state index is 12.8. The van der Waals surface area contributed by atoms with Crippen LogP contribution in [0.1, 0.15) is 21.5 Å². The van der Waals surface area contributed by atoms with Gasteiger partial charge in [0.05, 0.1) is 6.61 Å². The van der Waals surface area contributed by atoms with Crippen molar-refractivity contribution >= 4 is 5.91 Å². The molecule has 1 aliphatic heterocycles. The minimum atomic E-state index is -0.0777. The number of hydrogen-bond acceptors (Lipinski definition) is 3. The van der Waals surface area contributed by atoms with E-state index in [-0.39, 0.29) is 11.8 Å². The van der Waals surface area contributed by atoms with Crippen LogP contribution >= 0.6 is 0 Å². The number of amides is 1. The summed E-state index contributed by atoms with van der Waals surface area (Å²) in [5.41, 5.74) is 2.72. The topological polar surface area (TPSA) is 47.6 Å². The highest BCUT2D eigenvalue weighted by atomic mass is 16.5. The molecule has 0 aromatic heterocycles. The maximum Gasteiger partial charge on any atom is 0.251 e. The number of benzene rings is 3. The van der Waals surface area contributed by atoms with Gasteiger partial charge in [0, 0.05) is 23.6 Å². The van der Waals surface area contributed by atoms with E-state index in [0.717, 1.165) is 23.5 Å². The van der Waals surface area contributed by atoms with Gasteiger partial charge in [-0.1, -0.05) is 54.6 Å².